The summed E-state index contributed by atoms with van der Waals surface area (Å²) >= 11 is 6.39. The van der Waals surface area contributed by atoms with Crippen molar-refractivity contribution in [3.63, 3.8) is 0 Å². The molecule has 0 radical (unpaired) electrons. The molecule has 2 rings (SSSR count). The lowest BCUT2D eigenvalue weighted by molar-refractivity contribution is 0.675. The van der Waals surface area contributed by atoms with Gasteiger partial charge >= 0.3 is 0 Å². The molecule has 1 nitrogen and oxygen atoms in total. The van der Waals surface area contributed by atoms with Gasteiger partial charge in [0.2, 0.25) is 0 Å². The highest BCUT2D eigenvalue weighted by atomic mass is 35.5. The fraction of sp³-hybridized carbons (Fsp3) is 0.188. The third-order valence-electron chi connectivity index (χ3n) is 3.03. The highest BCUT2D eigenvalue weighted by Gasteiger charge is 2.34. The van der Waals surface area contributed by atoms with Crippen LogP contribution in [-0.4, -0.2) is 4.87 Å². The first kappa shape index (κ1) is 12.7. The summed E-state index contributed by atoms with van der Waals surface area (Å²) in [6.45, 7) is 1.76. The number of hydrogen-bond acceptors (Lipinski definition) is 1. The SMILES string of the molecule is CC(Cl)(C#N)C(c1ccccc1)c1ccccc1. The van der Waals surface area contributed by atoms with Gasteiger partial charge in [0.1, 0.15) is 4.87 Å². The van der Waals surface area contributed by atoms with Crippen molar-refractivity contribution in [2.75, 3.05) is 0 Å². The Hall–Kier alpha value is -1.78. The lowest BCUT2D eigenvalue weighted by atomic mass is 9.82. The quantitative estimate of drug-likeness (QED) is 0.749. The zero-order valence-corrected chi connectivity index (χ0v) is 10.9. The average molecular weight is 256 g/mol. The lowest BCUT2D eigenvalue weighted by Gasteiger charge is -2.27. The van der Waals surface area contributed by atoms with E-state index in [2.05, 4.69) is 6.07 Å². The first-order valence-corrected chi connectivity index (χ1v) is 6.23. The smallest absolute Gasteiger partial charge is 0.139 e. The molecule has 2 aromatic carbocycles. The average Bonchev–Trinajstić information content (AvgIpc) is 2.41. The van der Waals surface area contributed by atoms with Crippen LogP contribution in [0.4, 0.5) is 0 Å². The predicted octanol–water partition coefficient (Wildman–Crippen LogP) is 4.34. The van der Waals surface area contributed by atoms with Gasteiger partial charge in [-0.1, -0.05) is 60.7 Å². The molecule has 90 valence electrons. The van der Waals surface area contributed by atoms with Crippen molar-refractivity contribution in [3.05, 3.63) is 71.8 Å². The van der Waals surface area contributed by atoms with Gasteiger partial charge in [-0.25, -0.2) is 0 Å². The molecule has 0 aliphatic rings. The third kappa shape index (κ3) is 2.55. The van der Waals surface area contributed by atoms with Gasteiger partial charge in [-0.05, 0) is 18.1 Å². The molecule has 0 spiro atoms. The van der Waals surface area contributed by atoms with Crippen LogP contribution in [0.5, 0.6) is 0 Å². The topological polar surface area (TPSA) is 23.8 Å². The summed E-state index contributed by atoms with van der Waals surface area (Å²) in [5.41, 5.74) is 2.12. The van der Waals surface area contributed by atoms with Gasteiger partial charge in [-0.3, -0.25) is 0 Å². The molecule has 2 aromatic rings. The van der Waals surface area contributed by atoms with Gasteiger partial charge in [-0.15, -0.1) is 11.6 Å². The standard InChI is InChI=1S/C16H14ClN/c1-16(17,12-18)15(13-8-4-2-5-9-13)14-10-6-3-7-11-14/h2-11,15H,1H3. The van der Waals surface area contributed by atoms with E-state index < -0.39 is 4.87 Å². The molecule has 0 heterocycles. The van der Waals surface area contributed by atoms with Crippen LogP contribution in [0.2, 0.25) is 0 Å². The van der Waals surface area contributed by atoms with Gasteiger partial charge in [0, 0.05) is 5.92 Å². The molecular weight excluding hydrogens is 242 g/mol. The number of nitrogens with zero attached hydrogens (tertiary/aromatic N) is 1. The second-order valence-electron chi connectivity index (χ2n) is 4.44. The molecule has 0 saturated carbocycles. The second-order valence-corrected chi connectivity index (χ2v) is 5.23. The van der Waals surface area contributed by atoms with Gasteiger partial charge in [0.15, 0.2) is 0 Å². The van der Waals surface area contributed by atoms with Crippen LogP contribution in [0.3, 0.4) is 0 Å². The van der Waals surface area contributed by atoms with Gasteiger partial charge < -0.3 is 0 Å². The highest BCUT2D eigenvalue weighted by molar-refractivity contribution is 6.26. The Morgan fingerprint density at radius 2 is 1.33 bits per heavy atom. The van der Waals surface area contributed by atoms with Crippen LogP contribution < -0.4 is 0 Å². The minimum atomic E-state index is -0.956. The fourth-order valence-electron chi connectivity index (χ4n) is 2.17. The molecule has 1 unspecified atom stereocenters. The van der Waals surface area contributed by atoms with Crippen molar-refractivity contribution in [2.24, 2.45) is 0 Å². The molecule has 0 N–H and O–H groups in total. The number of nitriles is 1. The Balaban J connectivity index is 2.53. The Kier molecular flexibility index (Phi) is 3.69. The predicted molar refractivity (Wildman–Crippen MR) is 74.6 cm³/mol. The van der Waals surface area contributed by atoms with Crippen molar-refractivity contribution >= 4 is 11.6 Å². The van der Waals surface area contributed by atoms with Crippen LogP contribution in [0, 0.1) is 11.3 Å². The summed E-state index contributed by atoms with van der Waals surface area (Å²) in [7, 11) is 0. The fourth-order valence-corrected chi connectivity index (χ4v) is 2.43. The van der Waals surface area contributed by atoms with Crippen LogP contribution in [-0.2, 0) is 0 Å². The maximum Gasteiger partial charge on any atom is 0.139 e. The molecule has 0 aliphatic heterocycles. The van der Waals surface area contributed by atoms with Crippen molar-refractivity contribution in [1.29, 1.82) is 5.26 Å². The number of rotatable bonds is 3. The molecular formula is C16H14ClN. The number of benzene rings is 2. The number of hydrogen-bond donors (Lipinski definition) is 0. The summed E-state index contributed by atoms with van der Waals surface area (Å²) in [5, 5.41) is 9.31. The zero-order chi connectivity index (χ0) is 13.0. The molecule has 1 atom stereocenters. The van der Waals surface area contributed by atoms with Crippen LogP contribution in [0.15, 0.2) is 60.7 Å². The molecule has 0 saturated heterocycles. The van der Waals surface area contributed by atoms with Crippen LogP contribution >= 0.6 is 11.6 Å². The number of alkyl halides is 1. The largest absolute Gasteiger partial charge is 0.196 e. The zero-order valence-electron chi connectivity index (χ0n) is 10.2. The van der Waals surface area contributed by atoms with Crippen molar-refractivity contribution < 1.29 is 0 Å². The highest BCUT2D eigenvalue weighted by Crippen LogP contribution is 2.38. The number of halogens is 1. The van der Waals surface area contributed by atoms with Crippen LogP contribution in [0.25, 0.3) is 0 Å². The maximum absolute atomic E-state index is 9.31. The first-order valence-electron chi connectivity index (χ1n) is 5.85. The normalized spacial score (nSPS) is 13.9. The summed E-state index contributed by atoms with van der Waals surface area (Å²) in [6.07, 6.45) is 0. The third-order valence-corrected chi connectivity index (χ3v) is 3.33. The van der Waals surface area contributed by atoms with E-state index in [4.69, 9.17) is 11.6 Å². The molecule has 0 fully saturated rings. The van der Waals surface area contributed by atoms with E-state index in [0.29, 0.717) is 0 Å². The Labute approximate surface area is 113 Å². The minimum Gasteiger partial charge on any atom is -0.196 e. The maximum atomic E-state index is 9.31. The van der Waals surface area contributed by atoms with E-state index >= 15 is 0 Å². The summed E-state index contributed by atoms with van der Waals surface area (Å²) in [4.78, 5) is -0.956. The van der Waals surface area contributed by atoms with E-state index in [1.165, 1.54) is 0 Å². The molecule has 0 amide bonds. The molecule has 0 bridgehead atoms. The summed E-state index contributed by atoms with van der Waals surface area (Å²) < 4.78 is 0. The van der Waals surface area contributed by atoms with E-state index in [-0.39, 0.29) is 5.92 Å². The Bertz CT molecular complexity index is 501. The van der Waals surface area contributed by atoms with Gasteiger partial charge in [0.25, 0.3) is 0 Å². The summed E-state index contributed by atoms with van der Waals surface area (Å²) in [6, 6.07) is 22.0. The van der Waals surface area contributed by atoms with Crippen molar-refractivity contribution in [2.45, 2.75) is 17.7 Å². The van der Waals surface area contributed by atoms with Crippen molar-refractivity contribution in [3.8, 4) is 6.07 Å². The molecule has 0 aromatic heterocycles. The molecule has 2 heteroatoms. The van der Waals surface area contributed by atoms with E-state index in [1.807, 2.05) is 60.7 Å². The van der Waals surface area contributed by atoms with E-state index in [0.717, 1.165) is 11.1 Å². The molecule has 0 aliphatic carbocycles. The summed E-state index contributed by atoms with van der Waals surface area (Å²) in [5.74, 6) is -0.133. The lowest BCUT2D eigenvalue weighted by Crippen LogP contribution is -2.25. The van der Waals surface area contributed by atoms with E-state index in [9.17, 15) is 5.26 Å². The van der Waals surface area contributed by atoms with Crippen LogP contribution in [0.1, 0.15) is 24.0 Å². The first-order chi connectivity index (χ1) is 8.65. The van der Waals surface area contributed by atoms with Crippen molar-refractivity contribution in [1.82, 2.24) is 0 Å². The Morgan fingerprint density at radius 1 is 0.944 bits per heavy atom. The second kappa shape index (κ2) is 5.25. The van der Waals surface area contributed by atoms with Gasteiger partial charge in [-0.2, -0.15) is 5.26 Å². The monoisotopic (exact) mass is 255 g/mol. The Morgan fingerprint density at radius 3 is 1.67 bits per heavy atom. The minimum absolute atomic E-state index is 0.133. The van der Waals surface area contributed by atoms with E-state index in [1.54, 1.807) is 6.92 Å². The molecule has 18 heavy (non-hydrogen) atoms. The van der Waals surface area contributed by atoms with Gasteiger partial charge in [0.05, 0.1) is 6.07 Å².